The third-order valence-electron chi connectivity index (χ3n) is 1.29. The number of carbonyl (C=O) groups excluding carboxylic acids is 1. The van der Waals surface area contributed by atoms with Crippen LogP contribution in [0.25, 0.3) is 0 Å². The Bertz CT molecular complexity index is 136. The SMILES string of the molecule is C=CC(=O)CC1OCCO1. The molecule has 10 heavy (non-hydrogen) atoms. The monoisotopic (exact) mass is 142 g/mol. The molecule has 0 amide bonds. The van der Waals surface area contributed by atoms with Crippen molar-refractivity contribution in [1.82, 2.24) is 0 Å². The van der Waals surface area contributed by atoms with Crippen molar-refractivity contribution in [3.63, 3.8) is 0 Å². The molecule has 1 aliphatic rings. The third-order valence-corrected chi connectivity index (χ3v) is 1.29. The van der Waals surface area contributed by atoms with Crippen molar-refractivity contribution >= 4 is 5.78 Å². The highest BCUT2D eigenvalue weighted by Gasteiger charge is 2.17. The number of rotatable bonds is 3. The number of hydrogen-bond donors (Lipinski definition) is 0. The maximum atomic E-state index is 10.7. The summed E-state index contributed by atoms with van der Waals surface area (Å²) in [6.07, 6.45) is 1.25. The molecule has 0 atom stereocenters. The summed E-state index contributed by atoms with van der Waals surface area (Å²) in [5.41, 5.74) is 0. The highest BCUT2D eigenvalue weighted by molar-refractivity contribution is 5.89. The average molecular weight is 142 g/mol. The minimum atomic E-state index is -0.328. The lowest BCUT2D eigenvalue weighted by atomic mass is 10.3. The van der Waals surface area contributed by atoms with Crippen LogP contribution in [-0.2, 0) is 14.3 Å². The Morgan fingerprint density at radius 2 is 2.20 bits per heavy atom. The molecule has 0 saturated carbocycles. The Balaban J connectivity index is 2.23. The van der Waals surface area contributed by atoms with Crippen LogP contribution in [0.3, 0.4) is 0 Å². The predicted molar refractivity (Wildman–Crippen MR) is 35.5 cm³/mol. The van der Waals surface area contributed by atoms with Crippen molar-refractivity contribution in [2.24, 2.45) is 0 Å². The van der Waals surface area contributed by atoms with Gasteiger partial charge in [0.15, 0.2) is 12.1 Å². The molecule has 0 aromatic rings. The average Bonchev–Trinajstić information content (AvgIpc) is 2.40. The van der Waals surface area contributed by atoms with Gasteiger partial charge in [0, 0.05) is 0 Å². The number of carbonyl (C=O) groups is 1. The molecule has 1 fully saturated rings. The molecule has 0 N–H and O–H groups in total. The van der Waals surface area contributed by atoms with Gasteiger partial charge in [-0.3, -0.25) is 4.79 Å². The summed E-state index contributed by atoms with van der Waals surface area (Å²) >= 11 is 0. The van der Waals surface area contributed by atoms with Crippen molar-refractivity contribution in [3.8, 4) is 0 Å². The van der Waals surface area contributed by atoms with E-state index in [0.29, 0.717) is 19.6 Å². The van der Waals surface area contributed by atoms with Crippen LogP contribution in [-0.4, -0.2) is 25.3 Å². The largest absolute Gasteiger partial charge is 0.350 e. The van der Waals surface area contributed by atoms with Crippen LogP contribution >= 0.6 is 0 Å². The molecule has 1 heterocycles. The van der Waals surface area contributed by atoms with Crippen molar-refractivity contribution in [3.05, 3.63) is 12.7 Å². The molecule has 0 spiro atoms. The fourth-order valence-corrected chi connectivity index (χ4v) is 0.773. The first-order valence-electron chi connectivity index (χ1n) is 3.21. The zero-order valence-electron chi connectivity index (χ0n) is 5.71. The Kier molecular flexibility index (Phi) is 2.59. The van der Waals surface area contributed by atoms with E-state index < -0.39 is 0 Å². The van der Waals surface area contributed by atoms with Gasteiger partial charge in [-0.25, -0.2) is 0 Å². The Labute approximate surface area is 59.6 Å². The molecule has 1 rings (SSSR count). The van der Waals surface area contributed by atoms with Gasteiger partial charge in [-0.05, 0) is 6.08 Å². The highest BCUT2D eigenvalue weighted by atomic mass is 16.7. The second kappa shape index (κ2) is 3.49. The van der Waals surface area contributed by atoms with E-state index in [-0.39, 0.29) is 12.1 Å². The molecule has 0 aliphatic carbocycles. The van der Waals surface area contributed by atoms with Gasteiger partial charge in [0.25, 0.3) is 0 Å². The summed E-state index contributed by atoms with van der Waals surface area (Å²) < 4.78 is 10.1. The molecule has 3 nitrogen and oxygen atoms in total. The van der Waals surface area contributed by atoms with Gasteiger partial charge >= 0.3 is 0 Å². The van der Waals surface area contributed by atoms with Gasteiger partial charge in [0.05, 0.1) is 19.6 Å². The van der Waals surface area contributed by atoms with E-state index in [1.54, 1.807) is 0 Å². The van der Waals surface area contributed by atoms with Crippen molar-refractivity contribution in [1.29, 1.82) is 0 Å². The van der Waals surface area contributed by atoms with Gasteiger partial charge in [0.2, 0.25) is 0 Å². The summed E-state index contributed by atoms with van der Waals surface area (Å²) in [6.45, 7) is 4.53. The molecule has 0 radical (unpaired) electrons. The summed E-state index contributed by atoms with van der Waals surface area (Å²) in [6, 6.07) is 0. The molecular weight excluding hydrogens is 132 g/mol. The molecule has 0 aromatic carbocycles. The van der Waals surface area contributed by atoms with Crippen LogP contribution in [0.2, 0.25) is 0 Å². The first-order valence-corrected chi connectivity index (χ1v) is 3.21. The van der Waals surface area contributed by atoms with Gasteiger partial charge in [-0.2, -0.15) is 0 Å². The Morgan fingerprint density at radius 1 is 1.60 bits per heavy atom. The van der Waals surface area contributed by atoms with Gasteiger partial charge in [-0.1, -0.05) is 6.58 Å². The van der Waals surface area contributed by atoms with E-state index in [0.717, 1.165) is 0 Å². The number of ketones is 1. The predicted octanol–water partition coefficient (Wildman–Crippen LogP) is 0.504. The lowest BCUT2D eigenvalue weighted by Crippen LogP contribution is -2.12. The van der Waals surface area contributed by atoms with Crippen molar-refractivity contribution in [2.45, 2.75) is 12.7 Å². The summed E-state index contributed by atoms with van der Waals surface area (Å²) in [5, 5.41) is 0. The Morgan fingerprint density at radius 3 is 2.70 bits per heavy atom. The minimum absolute atomic E-state index is 0.0353. The van der Waals surface area contributed by atoms with Crippen LogP contribution < -0.4 is 0 Å². The second-order valence-electron chi connectivity index (χ2n) is 2.05. The van der Waals surface area contributed by atoms with E-state index in [1.165, 1.54) is 6.08 Å². The van der Waals surface area contributed by atoms with Crippen LogP contribution in [0.4, 0.5) is 0 Å². The van der Waals surface area contributed by atoms with Crippen molar-refractivity contribution in [2.75, 3.05) is 13.2 Å². The normalized spacial score (nSPS) is 19.2. The summed E-state index contributed by atoms with van der Waals surface area (Å²) in [7, 11) is 0. The fraction of sp³-hybridized carbons (Fsp3) is 0.571. The zero-order chi connectivity index (χ0) is 7.40. The molecule has 0 aromatic heterocycles. The lowest BCUT2D eigenvalue weighted by molar-refractivity contribution is -0.122. The standard InChI is InChI=1S/C7H10O3/c1-2-6(8)5-7-9-3-4-10-7/h2,7H,1,3-5H2. The maximum absolute atomic E-state index is 10.7. The van der Waals surface area contributed by atoms with Gasteiger partial charge in [-0.15, -0.1) is 0 Å². The van der Waals surface area contributed by atoms with E-state index in [4.69, 9.17) is 9.47 Å². The molecule has 1 saturated heterocycles. The molecule has 1 aliphatic heterocycles. The van der Waals surface area contributed by atoms with Gasteiger partial charge < -0.3 is 9.47 Å². The second-order valence-corrected chi connectivity index (χ2v) is 2.05. The van der Waals surface area contributed by atoms with Crippen LogP contribution in [0.5, 0.6) is 0 Å². The van der Waals surface area contributed by atoms with E-state index in [2.05, 4.69) is 6.58 Å². The smallest absolute Gasteiger partial charge is 0.165 e. The minimum Gasteiger partial charge on any atom is -0.350 e. The third kappa shape index (κ3) is 1.93. The zero-order valence-corrected chi connectivity index (χ0v) is 5.71. The number of allylic oxidation sites excluding steroid dienone is 1. The maximum Gasteiger partial charge on any atom is 0.165 e. The first-order chi connectivity index (χ1) is 4.83. The van der Waals surface area contributed by atoms with E-state index in [1.807, 2.05) is 0 Å². The van der Waals surface area contributed by atoms with Crippen LogP contribution in [0.1, 0.15) is 6.42 Å². The fourth-order valence-electron chi connectivity index (χ4n) is 0.773. The number of hydrogen-bond acceptors (Lipinski definition) is 3. The highest BCUT2D eigenvalue weighted by Crippen LogP contribution is 2.07. The van der Waals surface area contributed by atoms with Gasteiger partial charge in [0.1, 0.15) is 0 Å². The summed E-state index contributed by atoms with van der Waals surface area (Å²) in [5.74, 6) is -0.0353. The first kappa shape index (κ1) is 7.44. The Hall–Kier alpha value is -0.670. The molecule has 0 unspecified atom stereocenters. The topological polar surface area (TPSA) is 35.5 Å². The molecule has 56 valence electrons. The lowest BCUT2D eigenvalue weighted by Gasteiger charge is -2.04. The molecule has 3 heteroatoms. The quantitative estimate of drug-likeness (QED) is 0.538. The molecular formula is C7H10O3. The summed E-state index contributed by atoms with van der Waals surface area (Å²) in [4.78, 5) is 10.7. The number of ether oxygens (including phenoxy) is 2. The van der Waals surface area contributed by atoms with Crippen LogP contribution in [0, 0.1) is 0 Å². The van der Waals surface area contributed by atoms with Crippen molar-refractivity contribution < 1.29 is 14.3 Å². The van der Waals surface area contributed by atoms with E-state index >= 15 is 0 Å². The van der Waals surface area contributed by atoms with E-state index in [9.17, 15) is 4.79 Å². The molecule has 0 bridgehead atoms. The van der Waals surface area contributed by atoms with Crippen LogP contribution in [0.15, 0.2) is 12.7 Å².